The second-order valence-electron chi connectivity index (χ2n) is 6.24. The number of nitrogens with zero attached hydrogens (tertiary/aromatic N) is 1. The smallest absolute Gasteiger partial charge is 0.241 e. The molecule has 2 aromatic rings. The summed E-state index contributed by atoms with van der Waals surface area (Å²) in [6.07, 6.45) is 1.04. The molecule has 30 heavy (non-hydrogen) atoms. The molecule has 1 amide bonds. The van der Waals surface area contributed by atoms with E-state index in [1.807, 2.05) is 0 Å². The van der Waals surface area contributed by atoms with Gasteiger partial charge in [-0.1, -0.05) is 0 Å². The Morgan fingerprint density at radius 3 is 2.03 bits per heavy atom. The van der Waals surface area contributed by atoms with Gasteiger partial charge in [0.1, 0.15) is 12.3 Å². The summed E-state index contributed by atoms with van der Waals surface area (Å²) < 4.78 is 46.5. The van der Waals surface area contributed by atoms with Crippen LogP contribution in [0.25, 0.3) is 0 Å². The van der Waals surface area contributed by atoms with Crippen molar-refractivity contribution in [2.45, 2.75) is 6.54 Å². The Kier molecular flexibility index (Phi) is 7.76. The minimum atomic E-state index is -3.68. The molecule has 0 aromatic heterocycles. The van der Waals surface area contributed by atoms with E-state index in [0.717, 1.165) is 10.6 Å². The van der Waals surface area contributed by atoms with Gasteiger partial charge >= 0.3 is 0 Å². The number of ether oxygens (including phenoxy) is 4. The molecule has 0 aliphatic carbocycles. The highest BCUT2D eigenvalue weighted by Gasteiger charge is 2.22. The van der Waals surface area contributed by atoms with Crippen molar-refractivity contribution in [3.05, 3.63) is 42.0 Å². The van der Waals surface area contributed by atoms with E-state index in [-0.39, 0.29) is 13.1 Å². The molecule has 1 N–H and O–H groups in total. The third-order valence-electron chi connectivity index (χ3n) is 4.31. The van der Waals surface area contributed by atoms with Gasteiger partial charge in [0.2, 0.25) is 21.7 Å². The Hall–Kier alpha value is -3.14. The van der Waals surface area contributed by atoms with E-state index in [2.05, 4.69) is 5.32 Å². The summed E-state index contributed by atoms with van der Waals surface area (Å²) >= 11 is 0. The first-order valence-electron chi connectivity index (χ1n) is 8.91. The molecule has 0 unspecified atom stereocenters. The Morgan fingerprint density at radius 1 is 0.900 bits per heavy atom. The van der Waals surface area contributed by atoms with Crippen LogP contribution in [-0.2, 0) is 21.4 Å². The van der Waals surface area contributed by atoms with E-state index < -0.39 is 15.9 Å². The third kappa shape index (κ3) is 5.47. The molecule has 0 saturated carbocycles. The predicted molar refractivity (Wildman–Crippen MR) is 113 cm³/mol. The number of amides is 1. The second kappa shape index (κ2) is 10.1. The van der Waals surface area contributed by atoms with E-state index in [4.69, 9.17) is 18.9 Å². The Balaban J connectivity index is 2.16. The molecule has 10 heteroatoms. The molecular weight excluding hydrogens is 412 g/mol. The maximum atomic E-state index is 12.5. The molecule has 0 atom stereocenters. The van der Waals surface area contributed by atoms with Crippen LogP contribution in [0.2, 0.25) is 0 Å². The lowest BCUT2D eigenvalue weighted by atomic mass is 10.1. The first-order chi connectivity index (χ1) is 14.2. The maximum absolute atomic E-state index is 12.5. The van der Waals surface area contributed by atoms with Gasteiger partial charge in [-0.2, -0.15) is 0 Å². The van der Waals surface area contributed by atoms with Crippen molar-refractivity contribution in [2.24, 2.45) is 0 Å². The third-order valence-corrected chi connectivity index (χ3v) is 5.45. The minimum Gasteiger partial charge on any atom is -0.497 e. The molecule has 0 heterocycles. The fourth-order valence-corrected chi connectivity index (χ4v) is 3.69. The van der Waals surface area contributed by atoms with E-state index in [0.29, 0.717) is 34.2 Å². The van der Waals surface area contributed by atoms with Crippen molar-refractivity contribution in [1.82, 2.24) is 5.32 Å². The molecule has 2 aromatic carbocycles. The highest BCUT2D eigenvalue weighted by atomic mass is 32.2. The monoisotopic (exact) mass is 438 g/mol. The molecule has 0 aliphatic heterocycles. The largest absolute Gasteiger partial charge is 0.497 e. The highest BCUT2D eigenvalue weighted by molar-refractivity contribution is 7.92. The van der Waals surface area contributed by atoms with Crippen LogP contribution in [0.3, 0.4) is 0 Å². The quantitative estimate of drug-likeness (QED) is 0.603. The van der Waals surface area contributed by atoms with Crippen molar-refractivity contribution in [2.75, 3.05) is 45.5 Å². The lowest BCUT2D eigenvalue weighted by Gasteiger charge is -2.22. The van der Waals surface area contributed by atoms with Gasteiger partial charge in [0, 0.05) is 12.1 Å². The van der Waals surface area contributed by atoms with Crippen molar-refractivity contribution in [3.8, 4) is 23.0 Å². The number of carbonyl (C=O) groups excluding carboxylic acids is 1. The summed E-state index contributed by atoms with van der Waals surface area (Å²) in [7, 11) is 2.32. The Bertz CT molecular complexity index is 975. The number of hydrogen-bond acceptors (Lipinski definition) is 7. The van der Waals surface area contributed by atoms with E-state index in [9.17, 15) is 13.2 Å². The normalized spacial score (nSPS) is 10.8. The van der Waals surface area contributed by atoms with E-state index in [1.54, 1.807) is 36.4 Å². The summed E-state index contributed by atoms with van der Waals surface area (Å²) in [5.74, 6) is 1.42. The topological polar surface area (TPSA) is 103 Å². The zero-order chi connectivity index (χ0) is 22.3. The van der Waals surface area contributed by atoms with Gasteiger partial charge in [0.25, 0.3) is 0 Å². The number of rotatable bonds is 10. The number of carbonyl (C=O) groups is 1. The van der Waals surface area contributed by atoms with Gasteiger partial charge < -0.3 is 24.3 Å². The second-order valence-corrected chi connectivity index (χ2v) is 8.14. The predicted octanol–water partition coefficient (Wildman–Crippen LogP) is 1.80. The number of hydrogen-bond donors (Lipinski definition) is 1. The van der Waals surface area contributed by atoms with Crippen molar-refractivity contribution >= 4 is 21.6 Å². The molecular formula is C20H26N2O7S. The summed E-state index contributed by atoms with van der Waals surface area (Å²) in [5, 5.41) is 2.71. The van der Waals surface area contributed by atoms with Gasteiger partial charge in [0.05, 0.1) is 40.4 Å². The van der Waals surface area contributed by atoms with Crippen LogP contribution in [-0.4, -0.2) is 55.6 Å². The highest BCUT2D eigenvalue weighted by Crippen LogP contribution is 2.39. The molecule has 0 bridgehead atoms. The van der Waals surface area contributed by atoms with Crippen LogP contribution in [0.1, 0.15) is 5.56 Å². The SMILES string of the molecule is COc1ccc(N(CC(=O)NCc2ccc(OC)c(OC)c2OC)S(C)(=O)=O)cc1. The van der Waals surface area contributed by atoms with Gasteiger partial charge in [-0.3, -0.25) is 9.10 Å². The molecule has 164 valence electrons. The summed E-state index contributed by atoms with van der Waals surface area (Å²) in [5.41, 5.74) is 1.01. The molecule has 9 nitrogen and oxygen atoms in total. The number of nitrogens with one attached hydrogen (secondary N) is 1. The van der Waals surface area contributed by atoms with Gasteiger partial charge in [0.15, 0.2) is 11.5 Å². The number of methoxy groups -OCH3 is 4. The number of anilines is 1. The van der Waals surface area contributed by atoms with Crippen LogP contribution in [0.15, 0.2) is 36.4 Å². The first-order valence-corrected chi connectivity index (χ1v) is 10.8. The maximum Gasteiger partial charge on any atom is 0.241 e. The van der Waals surface area contributed by atoms with Crippen LogP contribution >= 0.6 is 0 Å². The molecule has 0 radical (unpaired) electrons. The summed E-state index contributed by atoms with van der Waals surface area (Å²) in [6.45, 7) is -0.261. The van der Waals surface area contributed by atoms with Gasteiger partial charge in [-0.25, -0.2) is 8.42 Å². The zero-order valence-electron chi connectivity index (χ0n) is 17.6. The lowest BCUT2D eigenvalue weighted by Crippen LogP contribution is -2.40. The summed E-state index contributed by atoms with van der Waals surface area (Å²) in [4.78, 5) is 12.5. The fraction of sp³-hybridized carbons (Fsp3) is 0.350. The average Bonchev–Trinajstić information content (AvgIpc) is 2.74. The minimum absolute atomic E-state index is 0.114. The van der Waals surface area contributed by atoms with Crippen molar-refractivity contribution < 1.29 is 32.2 Å². The van der Waals surface area contributed by atoms with Gasteiger partial charge in [-0.15, -0.1) is 0 Å². The standard InChI is InChI=1S/C20H26N2O7S/c1-26-16-9-7-15(8-10-16)22(30(5,24)25)13-18(23)21-12-14-6-11-17(27-2)20(29-4)19(14)28-3/h6-11H,12-13H2,1-5H3,(H,21,23). The Morgan fingerprint density at radius 2 is 1.53 bits per heavy atom. The van der Waals surface area contributed by atoms with Crippen LogP contribution < -0.4 is 28.6 Å². The van der Waals surface area contributed by atoms with Crippen molar-refractivity contribution in [3.63, 3.8) is 0 Å². The zero-order valence-corrected chi connectivity index (χ0v) is 18.4. The molecule has 0 spiro atoms. The van der Waals surface area contributed by atoms with E-state index in [1.165, 1.54) is 28.4 Å². The number of benzene rings is 2. The molecule has 0 saturated heterocycles. The van der Waals surface area contributed by atoms with Crippen LogP contribution in [0, 0.1) is 0 Å². The van der Waals surface area contributed by atoms with Gasteiger partial charge in [-0.05, 0) is 36.4 Å². The van der Waals surface area contributed by atoms with Crippen LogP contribution in [0.4, 0.5) is 5.69 Å². The average molecular weight is 439 g/mol. The van der Waals surface area contributed by atoms with Crippen molar-refractivity contribution in [1.29, 1.82) is 0 Å². The lowest BCUT2D eigenvalue weighted by molar-refractivity contribution is -0.119. The molecule has 2 rings (SSSR count). The molecule has 0 fully saturated rings. The molecule has 0 aliphatic rings. The summed E-state index contributed by atoms with van der Waals surface area (Å²) in [6, 6.07) is 9.83. The van der Waals surface area contributed by atoms with E-state index >= 15 is 0 Å². The van der Waals surface area contributed by atoms with Crippen LogP contribution in [0.5, 0.6) is 23.0 Å². The first kappa shape index (κ1) is 23.1. The fourth-order valence-electron chi connectivity index (χ4n) is 2.83. The Labute approximate surface area is 176 Å². The number of sulfonamides is 1.